The molecule has 2 bridgehead atoms. The zero-order valence-corrected chi connectivity index (χ0v) is 13.4. The monoisotopic (exact) mass is 327 g/mol. The molecule has 3 aliphatic rings. The summed E-state index contributed by atoms with van der Waals surface area (Å²) in [5.74, 6) is -2.20. The molecule has 2 saturated heterocycles. The molecule has 0 saturated carbocycles. The summed E-state index contributed by atoms with van der Waals surface area (Å²) in [6, 6.07) is 7.29. The highest BCUT2D eigenvalue weighted by atomic mass is 16.6. The fraction of sp³-hybridized carbons (Fsp3) is 0.389. The minimum Gasteiger partial charge on any atom is -0.462 e. The number of nitrogens with zero attached hydrogens (tertiary/aromatic N) is 1. The summed E-state index contributed by atoms with van der Waals surface area (Å²) in [6.07, 6.45) is 3.10. The van der Waals surface area contributed by atoms with Gasteiger partial charge in [0.15, 0.2) is 0 Å². The number of rotatable bonds is 3. The lowest BCUT2D eigenvalue weighted by atomic mass is 9.77. The Labute approximate surface area is 139 Å². The number of ether oxygens (including phenoxy) is 2. The lowest BCUT2D eigenvalue weighted by Gasteiger charge is -2.28. The fourth-order valence-corrected chi connectivity index (χ4v) is 3.93. The van der Waals surface area contributed by atoms with Crippen LogP contribution < -0.4 is 4.90 Å². The fourth-order valence-electron chi connectivity index (χ4n) is 3.93. The van der Waals surface area contributed by atoms with E-state index in [1.807, 2.05) is 19.1 Å². The van der Waals surface area contributed by atoms with E-state index in [1.165, 1.54) is 11.8 Å². The summed E-state index contributed by atoms with van der Waals surface area (Å²) in [5.41, 5.74) is 0.420. The number of carbonyl (C=O) groups is 3. The predicted molar refractivity (Wildman–Crippen MR) is 84.0 cm³/mol. The Kier molecular flexibility index (Phi) is 3.15. The van der Waals surface area contributed by atoms with Crippen molar-refractivity contribution in [1.29, 1.82) is 0 Å². The number of hydrogen-bond donors (Lipinski definition) is 0. The number of para-hydroxylation sites is 1. The van der Waals surface area contributed by atoms with Crippen LogP contribution in [0.1, 0.15) is 12.5 Å². The molecule has 0 aliphatic carbocycles. The van der Waals surface area contributed by atoms with Crippen molar-refractivity contribution in [1.82, 2.24) is 0 Å². The van der Waals surface area contributed by atoms with Gasteiger partial charge in [-0.2, -0.15) is 0 Å². The molecule has 1 aromatic carbocycles. The number of amides is 2. The number of imide groups is 1. The van der Waals surface area contributed by atoms with Crippen molar-refractivity contribution in [2.75, 3.05) is 11.5 Å². The Morgan fingerprint density at radius 1 is 1.29 bits per heavy atom. The van der Waals surface area contributed by atoms with Crippen molar-refractivity contribution in [2.24, 2.45) is 11.8 Å². The van der Waals surface area contributed by atoms with E-state index in [-0.39, 0.29) is 18.4 Å². The number of aryl methyl sites for hydroxylation is 1. The van der Waals surface area contributed by atoms with Crippen molar-refractivity contribution in [3.8, 4) is 0 Å². The molecule has 1 aromatic rings. The third-order valence-corrected chi connectivity index (χ3v) is 5.01. The van der Waals surface area contributed by atoms with Gasteiger partial charge >= 0.3 is 5.97 Å². The van der Waals surface area contributed by atoms with Crippen molar-refractivity contribution in [2.45, 2.75) is 25.6 Å². The normalized spacial score (nSPS) is 33.2. The van der Waals surface area contributed by atoms with Gasteiger partial charge in [-0.15, -0.1) is 0 Å². The summed E-state index contributed by atoms with van der Waals surface area (Å²) in [4.78, 5) is 38.4. The van der Waals surface area contributed by atoms with E-state index in [0.717, 1.165) is 5.56 Å². The summed E-state index contributed by atoms with van der Waals surface area (Å²) in [6.45, 7) is 3.11. The molecule has 0 radical (unpaired) electrons. The van der Waals surface area contributed by atoms with Gasteiger partial charge in [0.05, 0.1) is 23.6 Å². The van der Waals surface area contributed by atoms with Gasteiger partial charge in [0.1, 0.15) is 12.2 Å². The zero-order valence-electron chi connectivity index (χ0n) is 13.4. The average molecular weight is 327 g/mol. The van der Waals surface area contributed by atoms with Crippen LogP contribution in [-0.4, -0.2) is 36.1 Å². The molecule has 4 atom stereocenters. The molecule has 0 N–H and O–H groups in total. The molecule has 6 heteroatoms. The molecule has 6 nitrogen and oxygen atoms in total. The van der Waals surface area contributed by atoms with Crippen molar-refractivity contribution >= 4 is 23.5 Å². The maximum atomic E-state index is 13.0. The van der Waals surface area contributed by atoms with Gasteiger partial charge < -0.3 is 9.47 Å². The number of benzene rings is 1. The standard InChI is InChI=1S/C18H17NO5/c1-10-5-3-4-6-12(10)19-16(21)14-13-7-8-18(24-13,9-23-11(2)20)15(14)17(19)22/h3-8,13-15H,9H2,1-2H3/t13-,14+,15+,18-/m1/s1. The molecule has 0 unspecified atom stereocenters. The van der Waals surface area contributed by atoms with Crippen LogP contribution >= 0.6 is 0 Å². The summed E-state index contributed by atoms with van der Waals surface area (Å²) in [7, 11) is 0. The summed E-state index contributed by atoms with van der Waals surface area (Å²) >= 11 is 0. The quantitative estimate of drug-likeness (QED) is 0.476. The number of fused-ring (bicyclic) bond motifs is 5. The van der Waals surface area contributed by atoms with Gasteiger partial charge in [0, 0.05) is 6.92 Å². The second-order valence-electron chi connectivity index (χ2n) is 6.48. The number of hydrogen-bond acceptors (Lipinski definition) is 5. The van der Waals surface area contributed by atoms with Crippen LogP contribution in [0.4, 0.5) is 5.69 Å². The minimum atomic E-state index is -1.04. The Bertz CT molecular complexity index is 785. The van der Waals surface area contributed by atoms with Crippen LogP contribution in [0.3, 0.4) is 0 Å². The second kappa shape index (κ2) is 5.01. The molecule has 0 spiro atoms. The van der Waals surface area contributed by atoms with E-state index < -0.39 is 29.5 Å². The van der Waals surface area contributed by atoms with Crippen LogP contribution in [0.5, 0.6) is 0 Å². The molecule has 124 valence electrons. The Morgan fingerprint density at radius 3 is 2.75 bits per heavy atom. The maximum absolute atomic E-state index is 13.0. The largest absolute Gasteiger partial charge is 0.462 e. The summed E-state index contributed by atoms with van der Waals surface area (Å²) < 4.78 is 11.0. The van der Waals surface area contributed by atoms with Crippen LogP contribution in [0.15, 0.2) is 36.4 Å². The first-order valence-corrected chi connectivity index (χ1v) is 7.88. The first kappa shape index (κ1) is 15.1. The van der Waals surface area contributed by atoms with Crippen molar-refractivity contribution in [3.63, 3.8) is 0 Å². The molecule has 3 aliphatic heterocycles. The molecule has 0 aromatic heterocycles. The third-order valence-electron chi connectivity index (χ3n) is 5.01. The SMILES string of the molecule is CC(=O)OC[C@@]12C=C[C@@H](O1)[C@@H]1C(=O)N(c3ccccc3C)C(=O)[C@H]12. The Morgan fingerprint density at radius 2 is 2.04 bits per heavy atom. The van der Waals surface area contributed by atoms with Gasteiger partial charge in [-0.3, -0.25) is 14.4 Å². The van der Waals surface area contributed by atoms with E-state index >= 15 is 0 Å². The molecule has 24 heavy (non-hydrogen) atoms. The predicted octanol–water partition coefficient (Wildman–Crippen LogP) is 1.37. The van der Waals surface area contributed by atoms with Crippen LogP contribution in [0.2, 0.25) is 0 Å². The number of carbonyl (C=O) groups excluding carboxylic acids is 3. The Balaban J connectivity index is 1.72. The molecule has 2 fully saturated rings. The van der Waals surface area contributed by atoms with E-state index in [2.05, 4.69) is 0 Å². The second-order valence-corrected chi connectivity index (χ2v) is 6.48. The first-order valence-electron chi connectivity index (χ1n) is 7.88. The molecule has 3 heterocycles. The van der Waals surface area contributed by atoms with E-state index in [1.54, 1.807) is 24.3 Å². The topological polar surface area (TPSA) is 72.9 Å². The minimum absolute atomic E-state index is 0.0584. The third kappa shape index (κ3) is 1.89. The summed E-state index contributed by atoms with van der Waals surface area (Å²) in [5, 5.41) is 0. The average Bonchev–Trinajstić information content (AvgIpc) is 3.18. The van der Waals surface area contributed by atoms with Crippen molar-refractivity contribution in [3.05, 3.63) is 42.0 Å². The number of esters is 1. The lowest BCUT2D eigenvalue weighted by molar-refractivity contribution is -0.150. The van der Waals surface area contributed by atoms with Crippen LogP contribution in [0, 0.1) is 18.8 Å². The molecular weight excluding hydrogens is 310 g/mol. The maximum Gasteiger partial charge on any atom is 0.302 e. The van der Waals surface area contributed by atoms with Crippen LogP contribution in [0.25, 0.3) is 0 Å². The van der Waals surface area contributed by atoms with Gasteiger partial charge in [-0.05, 0) is 24.6 Å². The molecule has 2 amide bonds. The van der Waals surface area contributed by atoms with Crippen LogP contribution in [-0.2, 0) is 23.9 Å². The molecular formula is C18H17NO5. The van der Waals surface area contributed by atoms with Gasteiger partial charge in [0.2, 0.25) is 11.8 Å². The van der Waals surface area contributed by atoms with E-state index in [0.29, 0.717) is 5.69 Å². The highest BCUT2D eigenvalue weighted by Crippen LogP contribution is 2.52. The van der Waals surface area contributed by atoms with Gasteiger partial charge in [-0.25, -0.2) is 4.90 Å². The smallest absolute Gasteiger partial charge is 0.302 e. The van der Waals surface area contributed by atoms with E-state index in [9.17, 15) is 14.4 Å². The highest BCUT2D eigenvalue weighted by molar-refractivity contribution is 6.23. The first-order chi connectivity index (χ1) is 11.4. The Hall–Kier alpha value is -2.47. The molecule has 4 rings (SSSR count). The lowest BCUT2D eigenvalue weighted by Crippen LogP contribution is -2.44. The van der Waals surface area contributed by atoms with Gasteiger partial charge in [-0.1, -0.05) is 24.3 Å². The highest BCUT2D eigenvalue weighted by Gasteiger charge is 2.68. The van der Waals surface area contributed by atoms with Crippen molar-refractivity contribution < 1.29 is 23.9 Å². The number of anilines is 1. The zero-order chi connectivity index (χ0) is 17.1. The van der Waals surface area contributed by atoms with E-state index in [4.69, 9.17) is 9.47 Å². The van der Waals surface area contributed by atoms with Gasteiger partial charge in [0.25, 0.3) is 0 Å².